The molecule has 84 valence electrons. The number of benzene rings is 1. The monoisotopic (exact) mass is 407 g/mol. The maximum Gasteiger partial charge on any atom is 0.125 e. The van der Waals surface area contributed by atoms with Crippen LogP contribution in [0.2, 0.25) is 0 Å². The van der Waals surface area contributed by atoms with Gasteiger partial charge in [0.05, 0.1) is 12.2 Å². The Bertz CT molecular complexity index is 459. The molecule has 0 radical (unpaired) electrons. The molecule has 1 aromatic heterocycles. The lowest BCUT2D eigenvalue weighted by Gasteiger charge is -2.10. The predicted octanol–water partition coefficient (Wildman–Crippen LogP) is 4.31. The van der Waals surface area contributed by atoms with Crippen LogP contribution in [0.5, 0.6) is 0 Å². The number of aromatic amines is 1. The summed E-state index contributed by atoms with van der Waals surface area (Å²) >= 11 is 10.4. The summed E-state index contributed by atoms with van der Waals surface area (Å²) in [6, 6.07) is 3.99. The van der Waals surface area contributed by atoms with Crippen LogP contribution in [0.3, 0.4) is 0 Å². The van der Waals surface area contributed by atoms with Gasteiger partial charge in [-0.2, -0.15) is 0 Å². The molecule has 2 aromatic rings. The second-order valence-electron chi connectivity index (χ2n) is 3.13. The molecule has 2 rings (SSSR count). The van der Waals surface area contributed by atoms with Crippen molar-refractivity contribution in [2.45, 2.75) is 6.54 Å². The summed E-state index contributed by atoms with van der Waals surface area (Å²) < 4.78 is 3.02. The Balaban J connectivity index is 2.15. The van der Waals surface area contributed by atoms with Crippen molar-refractivity contribution >= 4 is 53.5 Å². The standard InChI is InChI=1S/C10H8Br3N3/c11-6-3-7(12)10(8(13)4-6)16-5-9-14-1-2-15-9/h1-4,16H,5H2,(H,14,15). The van der Waals surface area contributed by atoms with Crippen LogP contribution in [-0.4, -0.2) is 9.97 Å². The number of hydrogen-bond acceptors (Lipinski definition) is 2. The molecule has 0 fully saturated rings. The minimum absolute atomic E-state index is 0.659. The average Bonchev–Trinajstić information content (AvgIpc) is 2.68. The van der Waals surface area contributed by atoms with E-state index in [1.807, 2.05) is 18.3 Å². The van der Waals surface area contributed by atoms with Crippen LogP contribution in [0.15, 0.2) is 37.9 Å². The molecule has 0 saturated heterocycles. The molecule has 6 heteroatoms. The number of aromatic nitrogens is 2. The normalized spacial score (nSPS) is 10.4. The van der Waals surface area contributed by atoms with Gasteiger partial charge in [0.2, 0.25) is 0 Å². The van der Waals surface area contributed by atoms with Gasteiger partial charge in [-0.15, -0.1) is 0 Å². The lowest BCUT2D eigenvalue weighted by molar-refractivity contribution is 0.997. The van der Waals surface area contributed by atoms with Crippen LogP contribution in [0.1, 0.15) is 5.82 Å². The maximum atomic E-state index is 4.15. The smallest absolute Gasteiger partial charge is 0.125 e. The molecule has 0 saturated carbocycles. The molecule has 1 aromatic carbocycles. The summed E-state index contributed by atoms with van der Waals surface area (Å²) in [5, 5.41) is 3.30. The minimum atomic E-state index is 0.659. The molecule has 1 heterocycles. The highest BCUT2D eigenvalue weighted by molar-refractivity contribution is 9.11. The Kier molecular flexibility index (Phi) is 4.05. The van der Waals surface area contributed by atoms with Crippen molar-refractivity contribution in [3.05, 3.63) is 43.8 Å². The second-order valence-corrected chi connectivity index (χ2v) is 5.76. The number of nitrogens with zero attached hydrogens (tertiary/aromatic N) is 1. The van der Waals surface area contributed by atoms with Gasteiger partial charge in [0.1, 0.15) is 5.82 Å². The molecule has 0 aliphatic rings. The Labute approximate surface area is 118 Å². The summed E-state index contributed by atoms with van der Waals surface area (Å²) in [5.41, 5.74) is 1.01. The summed E-state index contributed by atoms with van der Waals surface area (Å²) in [4.78, 5) is 7.19. The van der Waals surface area contributed by atoms with Gasteiger partial charge in [-0.1, -0.05) is 15.9 Å². The Morgan fingerprint density at radius 2 is 1.88 bits per heavy atom. The third kappa shape index (κ3) is 2.87. The molecule has 16 heavy (non-hydrogen) atoms. The first-order valence-electron chi connectivity index (χ1n) is 4.53. The van der Waals surface area contributed by atoms with Gasteiger partial charge in [-0.25, -0.2) is 4.98 Å². The number of halogens is 3. The van der Waals surface area contributed by atoms with Gasteiger partial charge in [0.15, 0.2) is 0 Å². The van der Waals surface area contributed by atoms with E-state index in [9.17, 15) is 0 Å². The van der Waals surface area contributed by atoms with E-state index in [2.05, 4.69) is 63.1 Å². The van der Waals surface area contributed by atoms with Crippen molar-refractivity contribution < 1.29 is 0 Å². The highest BCUT2D eigenvalue weighted by Crippen LogP contribution is 2.34. The van der Waals surface area contributed by atoms with E-state index >= 15 is 0 Å². The lowest BCUT2D eigenvalue weighted by atomic mass is 10.3. The Hall–Kier alpha value is -0.330. The maximum absolute atomic E-state index is 4.15. The van der Waals surface area contributed by atoms with Crippen LogP contribution < -0.4 is 5.32 Å². The molecular formula is C10H8Br3N3. The summed E-state index contributed by atoms with van der Waals surface area (Å²) in [7, 11) is 0. The highest BCUT2D eigenvalue weighted by atomic mass is 79.9. The van der Waals surface area contributed by atoms with Crippen molar-refractivity contribution in [3.8, 4) is 0 Å². The second kappa shape index (κ2) is 5.33. The van der Waals surface area contributed by atoms with Gasteiger partial charge >= 0.3 is 0 Å². The first-order chi connectivity index (χ1) is 7.66. The van der Waals surface area contributed by atoms with Crippen molar-refractivity contribution in [2.75, 3.05) is 5.32 Å². The predicted molar refractivity (Wildman–Crippen MR) is 75.5 cm³/mol. The van der Waals surface area contributed by atoms with Crippen LogP contribution in [-0.2, 0) is 6.54 Å². The molecule has 0 unspecified atom stereocenters. The first-order valence-corrected chi connectivity index (χ1v) is 6.91. The van der Waals surface area contributed by atoms with Crippen molar-refractivity contribution in [1.82, 2.24) is 9.97 Å². The SMILES string of the molecule is Brc1cc(Br)c(NCc2ncc[nH]2)c(Br)c1. The van der Waals surface area contributed by atoms with E-state index in [1.165, 1.54) is 0 Å². The number of nitrogens with one attached hydrogen (secondary N) is 2. The molecule has 0 atom stereocenters. The largest absolute Gasteiger partial charge is 0.376 e. The van der Waals surface area contributed by atoms with Crippen molar-refractivity contribution in [2.24, 2.45) is 0 Å². The molecular weight excluding hydrogens is 402 g/mol. The average molecular weight is 410 g/mol. The van der Waals surface area contributed by atoms with Crippen LogP contribution in [0.25, 0.3) is 0 Å². The Morgan fingerprint density at radius 3 is 2.44 bits per heavy atom. The quantitative estimate of drug-likeness (QED) is 0.793. The fourth-order valence-electron chi connectivity index (χ4n) is 1.28. The van der Waals surface area contributed by atoms with Gasteiger partial charge in [-0.3, -0.25) is 0 Å². The van der Waals surface area contributed by atoms with Gasteiger partial charge < -0.3 is 10.3 Å². The van der Waals surface area contributed by atoms with Crippen molar-refractivity contribution in [3.63, 3.8) is 0 Å². The van der Waals surface area contributed by atoms with E-state index in [4.69, 9.17) is 0 Å². The molecule has 3 nitrogen and oxygen atoms in total. The zero-order valence-electron chi connectivity index (χ0n) is 8.10. The van der Waals surface area contributed by atoms with Gasteiger partial charge in [0.25, 0.3) is 0 Å². The molecule has 0 bridgehead atoms. The van der Waals surface area contributed by atoms with Crippen LogP contribution in [0, 0.1) is 0 Å². The third-order valence-electron chi connectivity index (χ3n) is 1.99. The van der Waals surface area contributed by atoms with Gasteiger partial charge in [0, 0.05) is 25.8 Å². The van der Waals surface area contributed by atoms with E-state index in [1.54, 1.807) is 6.20 Å². The molecule has 0 amide bonds. The Morgan fingerprint density at radius 1 is 1.19 bits per heavy atom. The summed E-state index contributed by atoms with van der Waals surface area (Å²) in [6.07, 6.45) is 3.55. The number of hydrogen-bond donors (Lipinski definition) is 2. The van der Waals surface area contributed by atoms with E-state index in [0.717, 1.165) is 24.9 Å². The van der Waals surface area contributed by atoms with Gasteiger partial charge in [-0.05, 0) is 44.0 Å². The molecule has 0 aliphatic carbocycles. The first kappa shape index (κ1) is 12.1. The molecule has 0 spiro atoms. The zero-order valence-corrected chi connectivity index (χ0v) is 12.9. The van der Waals surface area contributed by atoms with E-state index < -0.39 is 0 Å². The molecule has 0 aliphatic heterocycles. The summed E-state index contributed by atoms with van der Waals surface area (Å²) in [6.45, 7) is 0.659. The highest BCUT2D eigenvalue weighted by Gasteiger charge is 2.06. The van der Waals surface area contributed by atoms with Crippen molar-refractivity contribution in [1.29, 1.82) is 0 Å². The third-order valence-corrected chi connectivity index (χ3v) is 3.70. The topological polar surface area (TPSA) is 40.7 Å². The number of rotatable bonds is 3. The zero-order chi connectivity index (χ0) is 11.5. The van der Waals surface area contributed by atoms with Crippen LogP contribution >= 0.6 is 47.8 Å². The lowest BCUT2D eigenvalue weighted by Crippen LogP contribution is -2.02. The van der Waals surface area contributed by atoms with E-state index in [0.29, 0.717) is 6.54 Å². The number of anilines is 1. The minimum Gasteiger partial charge on any atom is -0.376 e. The fourth-order valence-corrected chi connectivity index (χ4v) is 3.82. The number of imidazole rings is 1. The van der Waals surface area contributed by atoms with Crippen LogP contribution in [0.4, 0.5) is 5.69 Å². The number of H-pyrrole nitrogens is 1. The fraction of sp³-hybridized carbons (Fsp3) is 0.100. The summed E-state index contributed by atoms with van der Waals surface area (Å²) in [5.74, 6) is 0.904. The molecule has 2 N–H and O–H groups in total. The van der Waals surface area contributed by atoms with E-state index in [-0.39, 0.29) is 0 Å².